The van der Waals surface area contributed by atoms with Gasteiger partial charge in [-0.1, -0.05) is 12.1 Å². The lowest BCUT2D eigenvalue weighted by molar-refractivity contribution is 0.0496. The summed E-state index contributed by atoms with van der Waals surface area (Å²) in [7, 11) is 0. The number of aromatic hydroxyl groups is 1. The van der Waals surface area contributed by atoms with Gasteiger partial charge in [0.25, 0.3) is 0 Å². The van der Waals surface area contributed by atoms with Gasteiger partial charge < -0.3 is 14.9 Å². The summed E-state index contributed by atoms with van der Waals surface area (Å²) in [4.78, 5) is 4.82. The topological polar surface area (TPSA) is 56.2 Å². The molecule has 142 valence electrons. The average Bonchev–Trinajstić information content (AvgIpc) is 3.14. The quantitative estimate of drug-likeness (QED) is 0.742. The molecule has 2 heterocycles. The number of nitrogens with zero attached hydrogens (tertiary/aromatic N) is 2. The molecule has 5 nitrogen and oxygen atoms in total. The van der Waals surface area contributed by atoms with Crippen molar-refractivity contribution in [2.24, 2.45) is 0 Å². The molecule has 26 heavy (non-hydrogen) atoms. The van der Waals surface area contributed by atoms with Crippen LogP contribution in [-0.4, -0.2) is 58.9 Å². The number of phenols is 1. The molecule has 0 radical (unpaired) electrons. The third-order valence-electron chi connectivity index (χ3n) is 4.89. The molecule has 1 aliphatic rings. The fourth-order valence-electron chi connectivity index (χ4n) is 3.56. The van der Waals surface area contributed by atoms with Crippen molar-refractivity contribution in [1.82, 2.24) is 9.80 Å². The molecule has 1 unspecified atom stereocenters. The van der Waals surface area contributed by atoms with Gasteiger partial charge >= 0.3 is 0 Å². The molecule has 3 rings (SSSR count). The first-order chi connectivity index (χ1) is 12.7. The zero-order valence-electron chi connectivity index (χ0n) is 15.3. The van der Waals surface area contributed by atoms with Gasteiger partial charge in [-0.05, 0) is 41.8 Å². The smallest absolute Gasteiger partial charge is 0.162 e. The Bertz CT molecular complexity index is 678. The van der Waals surface area contributed by atoms with Crippen LogP contribution in [0.15, 0.2) is 35.0 Å². The highest BCUT2D eigenvalue weighted by atomic mass is 32.1. The molecular formula is C20H28N2O3S. The SMILES string of the molecule is CCOc1cccc(CN2CCN(Cc3ccsc3)C(CCO)C2)c1O. The third-order valence-corrected chi connectivity index (χ3v) is 5.63. The maximum absolute atomic E-state index is 10.4. The second kappa shape index (κ2) is 9.37. The van der Waals surface area contributed by atoms with Crippen LogP contribution in [0.3, 0.4) is 0 Å². The number of aliphatic hydroxyl groups excluding tert-OH is 1. The van der Waals surface area contributed by atoms with E-state index in [1.165, 1.54) is 5.56 Å². The minimum Gasteiger partial charge on any atom is -0.504 e. The van der Waals surface area contributed by atoms with E-state index in [0.717, 1.165) is 38.2 Å². The van der Waals surface area contributed by atoms with Gasteiger partial charge in [-0.3, -0.25) is 9.80 Å². The number of hydrogen-bond donors (Lipinski definition) is 2. The Labute approximate surface area is 159 Å². The van der Waals surface area contributed by atoms with E-state index >= 15 is 0 Å². The van der Waals surface area contributed by atoms with E-state index in [1.807, 2.05) is 19.1 Å². The van der Waals surface area contributed by atoms with Crippen LogP contribution < -0.4 is 4.74 Å². The molecule has 0 spiro atoms. The predicted molar refractivity (Wildman–Crippen MR) is 105 cm³/mol. The Morgan fingerprint density at radius 2 is 2.12 bits per heavy atom. The van der Waals surface area contributed by atoms with Crippen molar-refractivity contribution >= 4 is 11.3 Å². The number of piperazine rings is 1. The summed E-state index contributed by atoms with van der Waals surface area (Å²) in [6, 6.07) is 8.18. The molecule has 2 N–H and O–H groups in total. The van der Waals surface area contributed by atoms with Gasteiger partial charge in [0.05, 0.1) is 6.61 Å². The van der Waals surface area contributed by atoms with Gasteiger partial charge in [0.15, 0.2) is 11.5 Å². The van der Waals surface area contributed by atoms with E-state index < -0.39 is 0 Å². The highest BCUT2D eigenvalue weighted by Gasteiger charge is 2.27. The number of benzene rings is 1. The first-order valence-electron chi connectivity index (χ1n) is 9.23. The monoisotopic (exact) mass is 376 g/mol. The van der Waals surface area contributed by atoms with Gasteiger partial charge in [-0.15, -0.1) is 0 Å². The molecule has 0 amide bonds. The van der Waals surface area contributed by atoms with Crippen molar-refractivity contribution in [2.45, 2.75) is 32.5 Å². The molecule has 2 aromatic rings. The van der Waals surface area contributed by atoms with E-state index in [-0.39, 0.29) is 12.4 Å². The van der Waals surface area contributed by atoms with Gasteiger partial charge in [-0.2, -0.15) is 11.3 Å². The Morgan fingerprint density at radius 1 is 1.23 bits per heavy atom. The van der Waals surface area contributed by atoms with Crippen molar-refractivity contribution in [3.63, 3.8) is 0 Å². The minimum absolute atomic E-state index is 0.198. The number of aliphatic hydroxyl groups is 1. The number of ether oxygens (including phenoxy) is 1. The largest absolute Gasteiger partial charge is 0.504 e. The van der Waals surface area contributed by atoms with Gasteiger partial charge in [0, 0.05) is 50.9 Å². The average molecular weight is 377 g/mol. The molecule has 0 bridgehead atoms. The number of phenolic OH excluding ortho intramolecular Hbond substituents is 1. The summed E-state index contributed by atoms with van der Waals surface area (Å²) < 4.78 is 5.49. The standard InChI is InChI=1S/C20H28N2O3S/c1-2-25-19-5-3-4-17(20(19)24)13-21-8-9-22(18(14-21)6-10-23)12-16-7-11-26-15-16/h3-5,7,11,15,18,23-24H,2,6,8-10,12-14H2,1H3. The van der Waals surface area contributed by atoms with Crippen LogP contribution in [0.25, 0.3) is 0 Å². The second-order valence-corrected chi connectivity index (χ2v) is 7.48. The maximum Gasteiger partial charge on any atom is 0.162 e. The molecular weight excluding hydrogens is 348 g/mol. The van der Waals surface area contributed by atoms with Crippen molar-refractivity contribution in [1.29, 1.82) is 0 Å². The molecule has 1 aromatic carbocycles. The molecule has 1 aliphatic heterocycles. The van der Waals surface area contributed by atoms with Crippen LogP contribution in [0.2, 0.25) is 0 Å². The Morgan fingerprint density at radius 3 is 2.85 bits per heavy atom. The highest BCUT2D eigenvalue weighted by molar-refractivity contribution is 7.07. The summed E-state index contributed by atoms with van der Waals surface area (Å²) in [6.07, 6.45) is 0.769. The molecule has 1 saturated heterocycles. The Kier molecular flexibility index (Phi) is 6.91. The van der Waals surface area contributed by atoms with Gasteiger partial charge in [0.2, 0.25) is 0 Å². The van der Waals surface area contributed by atoms with Gasteiger partial charge in [-0.25, -0.2) is 0 Å². The predicted octanol–water partition coefficient (Wildman–Crippen LogP) is 2.92. The van der Waals surface area contributed by atoms with Crippen LogP contribution in [-0.2, 0) is 13.1 Å². The van der Waals surface area contributed by atoms with Gasteiger partial charge in [0.1, 0.15) is 0 Å². The normalized spacial score (nSPS) is 18.9. The number of thiophene rings is 1. The summed E-state index contributed by atoms with van der Waals surface area (Å²) in [5.74, 6) is 0.793. The zero-order valence-corrected chi connectivity index (χ0v) is 16.1. The molecule has 0 aliphatic carbocycles. The van der Waals surface area contributed by atoms with Crippen molar-refractivity contribution in [3.8, 4) is 11.5 Å². The first-order valence-corrected chi connectivity index (χ1v) is 10.2. The van der Waals surface area contributed by atoms with E-state index in [9.17, 15) is 10.2 Å². The molecule has 1 aromatic heterocycles. The number of hydrogen-bond acceptors (Lipinski definition) is 6. The van der Waals surface area contributed by atoms with Crippen molar-refractivity contribution < 1.29 is 14.9 Å². The summed E-state index contributed by atoms with van der Waals surface area (Å²) in [6.45, 7) is 7.09. The number of rotatable bonds is 8. The summed E-state index contributed by atoms with van der Waals surface area (Å²) in [5, 5.41) is 24.2. The molecule has 0 saturated carbocycles. The number of para-hydroxylation sites is 1. The second-order valence-electron chi connectivity index (χ2n) is 6.70. The van der Waals surface area contributed by atoms with E-state index in [2.05, 4.69) is 26.6 Å². The van der Waals surface area contributed by atoms with Crippen LogP contribution in [0.4, 0.5) is 0 Å². The highest BCUT2D eigenvalue weighted by Crippen LogP contribution is 2.31. The van der Waals surface area contributed by atoms with Crippen molar-refractivity contribution in [2.75, 3.05) is 32.8 Å². The zero-order chi connectivity index (χ0) is 18.4. The summed E-state index contributed by atoms with van der Waals surface area (Å²) in [5.41, 5.74) is 2.23. The van der Waals surface area contributed by atoms with Crippen LogP contribution in [0.1, 0.15) is 24.5 Å². The van der Waals surface area contributed by atoms with Crippen LogP contribution in [0.5, 0.6) is 11.5 Å². The third kappa shape index (κ3) is 4.76. The lowest BCUT2D eigenvalue weighted by Crippen LogP contribution is -2.52. The first kappa shape index (κ1) is 19.2. The molecule has 1 fully saturated rings. The van der Waals surface area contributed by atoms with E-state index in [0.29, 0.717) is 24.9 Å². The minimum atomic E-state index is 0.198. The maximum atomic E-state index is 10.4. The lowest BCUT2D eigenvalue weighted by Gasteiger charge is -2.41. The molecule has 1 atom stereocenters. The Balaban J connectivity index is 1.64. The molecule has 6 heteroatoms. The van der Waals surface area contributed by atoms with E-state index in [1.54, 1.807) is 17.4 Å². The fourth-order valence-corrected chi connectivity index (χ4v) is 4.22. The van der Waals surface area contributed by atoms with Crippen molar-refractivity contribution in [3.05, 3.63) is 46.2 Å². The fraction of sp³-hybridized carbons (Fsp3) is 0.500. The summed E-state index contributed by atoms with van der Waals surface area (Å²) >= 11 is 1.73. The van der Waals surface area contributed by atoms with Crippen LogP contribution in [0, 0.1) is 0 Å². The van der Waals surface area contributed by atoms with Crippen LogP contribution >= 0.6 is 11.3 Å². The Hall–Kier alpha value is -1.60. The van der Waals surface area contributed by atoms with E-state index in [4.69, 9.17) is 4.74 Å². The lowest BCUT2D eigenvalue weighted by atomic mass is 10.1.